The Morgan fingerprint density at radius 3 is 2.32 bits per heavy atom. The summed E-state index contributed by atoms with van der Waals surface area (Å²) in [5.74, 6) is 0.432. The van der Waals surface area contributed by atoms with Crippen molar-refractivity contribution in [3.05, 3.63) is 59.2 Å². The minimum absolute atomic E-state index is 0.0551. The van der Waals surface area contributed by atoms with E-state index in [1.807, 2.05) is 36.9 Å². The van der Waals surface area contributed by atoms with Gasteiger partial charge in [-0.05, 0) is 75.7 Å². The number of imide groups is 1. The monoisotopic (exact) mass is 423 g/mol. The van der Waals surface area contributed by atoms with Crippen LogP contribution >= 0.6 is 0 Å². The number of carbonyl (C=O) groups excluding carboxylic acids is 3. The van der Waals surface area contributed by atoms with Crippen molar-refractivity contribution in [3.63, 3.8) is 0 Å². The number of aryl methyl sites for hydroxylation is 2. The molecule has 3 amide bonds. The van der Waals surface area contributed by atoms with E-state index in [1.54, 1.807) is 31.4 Å². The van der Waals surface area contributed by atoms with E-state index in [4.69, 9.17) is 4.74 Å². The second kappa shape index (κ2) is 10.2. The van der Waals surface area contributed by atoms with E-state index < -0.39 is 6.03 Å². The lowest BCUT2D eigenvalue weighted by Crippen LogP contribution is -2.45. The molecule has 1 aliphatic rings. The molecule has 31 heavy (non-hydrogen) atoms. The zero-order valence-corrected chi connectivity index (χ0v) is 18.2. The average molecular weight is 424 g/mol. The van der Waals surface area contributed by atoms with E-state index in [-0.39, 0.29) is 24.2 Å². The number of rotatable bonds is 6. The molecule has 0 bridgehead atoms. The summed E-state index contributed by atoms with van der Waals surface area (Å²) in [5, 5.41) is 5.09. The summed E-state index contributed by atoms with van der Waals surface area (Å²) in [6.45, 7) is 5.29. The maximum Gasteiger partial charge on any atom is 0.325 e. The molecular weight excluding hydrogens is 394 g/mol. The lowest BCUT2D eigenvalue weighted by Gasteiger charge is -2.30. The molecule has 2 aromatic carbocycles. The molecule has 2 N–H and O–H groups in total. The first-order valence-electron chi connectivity index (χ1n) is 10.4. The number of hydrogen-bond acceptors (Lipinski definition) is 5. The largest absolute Gasteiger partial charge is 0.497 e. The van der Waals surface area contributed by atoms with Gasteiger partial charge in [-0.1, -0.05) is 17.7 Å². The highest BCUT2D eigenvalue weighted by Gasteiger charge is 2.27. The summed E-state index contributed by atoms with van der Waals surface area (Å²) >= 11 is 0. The third kappa shape index (κ3) is 6.15. The smallest absolute Gasteiger partial charge is 0.325 e. The molecule has 1 heterocycles. The minimum atomic E-state index is -0.540. The number of anilines is 1. The lowest BCUT2D eigenvalue weighted by molar-refractivity contribution is -0.121. The fraction of sp³-hybridized carbons (Fsp3) is 0.375. The minimum Gasteiger partial charge on any atom is -0.497 e. The first-order valence-corrected chi connectivity index (χ1v) is 10.4. The second-order valence-corrected chi connectivity index (χ2v) is 7.96. The Morgan fingerprint density at radius 2 is 1.71 bits per heavy atom. The molecule has 0 atom stereocenters. The van der Waals surface area contributed by atoms with Crippen molar-refractivity contribution in [2.45, 2.75) is 26.7 Å². The number of likely N-dealkylation sites (tertiary alicyclic amines) is 1. The fourth-order valence-corrected chi connectivity index (χ4v) is 3.82. The number of urea groups is 1. The molecule has 0 unspecified atom stereocenters. The van der Waals surface area contributed by atoms with Gasteiger partial charge in [0, 0.05) is 17.2 Å². The quantitative estimate of drug-likeness (QED) is 0.694. The molecule has 0 radical (unpaired) electrons. The number of carbonyl (C=O) groups is 3. The summed E-state index contributed by atoms with van der Waals surface area (Å²) in [6.07, 6.45) is 1.37. The van der Waals surface area contributed by atoms with Crippen LogP contribution in [0.4, 0.5) is 10.5 Å². The van der Waals surface area contributed by atoms with Crippen LogP contribution in [-0.4, -0.2) is 49.4 Å². The molecule has 1 saturated heterocycles. The number of Topliss-reactive ketones (excluding diaryl/α,β-unsaturated/α-hetero) is 1. The van der Waals surface area contributed by atoms with Gasteiger partial charge in [0.15, 0.2) is 5.78 Å². The standard InChI is InChI=1S/C24H29N3O4/c1-16-4-9-21(17(2)14-16)25-24(30)26-22(28)15-27-12-10-19(11-13-27)23(29)18-5-7-20(31-3)8-6-18/h4-9,14,19H,10-13,15H2,1-3H3,(H2,25,26,28,30). The molecule has 0 saturated carbocycles. The van der Waals surface area contributed by atoms with Crippen molar-refractivity contribution >= 4 is 23.4 Å². The van der Waals surface area contributed by atoms with Crippen molar-refractivity contribution in [3.8, 4) is 5.75 Å². The molecule has 7 heteroatoms. The molecule has 2 aromatic rings. The number of benzene rings is 2. The Hall–Kier alpha value is -3.19. The van der Waals surface area contributed by atoms with Crippen LogP contribution in [0.1, 0.15) is 34.3 Å². The van der Waals surface area contributed by atoms with Crippen molar-refractivity contribution in [1.29, 1.82) is 0 Å². The van der Waals surface area contributed by atoms with E-state index in [1.165, 1.54) is 0 Å². The number of methoxy groups -OCH3 is 1. The maximum atomic E-state index is 12.7. The highest BCUT2D eigenvalue weighted by Crippen LogP contribution is 2.23. The van der Waals surface area contributed by atoms with Crippen LogP contribution in [0.3, 0.4) is 0 Å². The van der Waals surface area contributed by atoms with Crippen LogP contribution < -0.4 is 15.4 Å². The van der Waals surface area contributed by atoms with E-state index >= 15 is 0 Å². The van der Waals surface area contributed by atoms with Crippen LogP contribution in [0, 0.1) is 19.8 Å². The van der Waals surface area contributed by atoms with Gasteiger partial charge in [-0.2, -0.15) is 0 Å². The van der Waals surface area contributed by atoms with Gasteiger partial charge in [-0.15, -0.1) is 0 Å². The molecule has 0 aliphatic carbocycles. The molecule has 7 nitrogen and oxygen atoms in total. The fourth-order valence-electron chi connectivity index (χ4n) is 3.82. The van der Waals surface area contributed by atoms with Gasteiger partial charge >= 0.3 is 6.03 Å². The Kier molecular flexibility index (Phi) is 7.41. The third-order valence-electron chi connectivity index (χ3n) is 5.58. The number of ketones is 1. The maximum absolute atomic E-state index is 12.7. The predicted octanol–water partition coefficient (Wildman–Crippen LogP) is 3.56. The van der Waals surface area contributed by atoms with Crippen LogP contribution in [0.2, 0.25) is 0 Å². The first-order chi connectivity index (χ1) is 14.9. The van der Waals surface area contributed by atoms with E-state index in [9.17, 15) is 14.4 Å². The highest BCUT2D eigenvalue weighted by molar-refractivity contribution is 6.02. The number of hydrogen-bond donors (Lipinski definition) is 2. The lowest BCUT2D eigenvalue weighted by atomic mass is 9.89. The van der Waals surface area contributed by atoms with E-state index in [2.05, 4.69) is 10.6 Å². The van der Waals surface area contributed by atoms with Gasteiger partial charge in [0.2, 0.25) is 5.91 Å². The first kappa shape index (κ1) is 22.5. The number of nitrogens with one attached hydrogen (secondary N) is 2. The number of piperidine rings is 1. The third-order valence-corrected chi connectivity index (χ3v) is 5.58. The average Bonchev–Trinajstić information content (AvgIpc) is 2.75. The van der Waals surface area contributed by atoms with Crippen molar-refractivity contribution in [2.75, 3.05) is 32.1 Å². The summed E-state index contributed by atoms with van der Waals surface area (Å²) < 4.78 is 5.13. The highest BCUT2D eigenvalue weighted by atomic mass is 16.5. The SMILES string of the molecule is COc1ccc(C(=O)C2CCN(CC(=O)NC(=O)Nc3ccc(C)cc3C)CC2)cc1. The number of nitrogens with zero attached hydrogens (tertiary/aromatic N) is 1. The Labute approximate surface area is 182 Å². The Morgan fingerprint density at radius 1 is 1.03 bits per heavy atom. The molecule has 0 spiro atoms. The predicted molar refractivity (Wildman–Crippen MR) is 120 cm³/mol. The zero-order chi connectivity index (χ0) is 22.4. The van der Waals surface area contributed by atoms with Crippen LogP contribution in [0.15, 0.2) is 42.5 Å². The van der Waals surface area contributed by atoms with Crippen LogP contribution in [-0.2, 0) is 4.79 Å². The van der Waals surface area contributed by atoms with Crippen LogP contribution in [0.25, 0.3) is 0 Å². The van der Waals surface area contributed by atoms with Gasteiger partial charge in [0.1, 0.15) is 5.75 Å². The summed E-state index contributed by atoms with van der Waals surface area (Å²) in [5.41, 5.74) is 3.40. The molecular formula is C24H29N3O4. The molecule has 1 fully saturated rings. The van der Waals surface area contributed by atoms with Crippen molar-refractivity contribution in [1.82, 2.24) is 10.2 Å². The van der Waals surface area contributed by atoms with E-state index in [0.29, 0.717) is 37.2 Å². The van der Waals surface area contributed by atoms with Gasteiger partial charge < -0.3 is 10.1 Å². The van der Waals surface area contributed by atoms with Gasteiger partial charge in [0.05, 0.1) is 13.7 Å². The number of ether oxygens (including phenoxy) is 1. The Balaban J connectivity index is 1.43. The number of amides is 3. The second-order valence-electron chi connectivity index (χ2n) is 7.96. The van der Waals surface area contributed by atoms with Crippen LogP contribution in [0.5, 0.6) is 5.75 Å². The van der Waals surface area contributed by atoms with Gasteiger partial charge in [-0.25, -0.2) is 4.79 Å². The molecule has 3 rings (SSSR count). The molecule has 0 aromatic heterocycles. The van der Waals surface area contributed by atoms with Crippen molar-refractivity contribution < 1.29 is 19.1 Å². The van der Waals surface area contributed by atoms with E-state index in [0.717, 1.165) is 16.9 Å². The van der Waals surface area contributed by atoms with Crippen molar-refractivity contribution in [2.24, 2.45) is 5.92 Å². The van der Waals surface area contributed by atoms with Gasteiger partial charge in [-0.3, -0.25) is 19.8 Å². The molecule has 164 valence electrons. The topological polar surface area (TPSA) is 87.7 Å². The zero-order valence-electron chi connectivity index (χ0n) is 18.2. The summed E-state index contributed by atoms with van der Waals surface area (Å²) in [6, 6.07) is 12.3. The summed E-state index contributed by atoms with van der Waals surface area (Å²) in [7, 11) is 1.59. The normalized spacial score (nSPS) is 14.7. The van der Waals surface area contributed by atoms with Gasteiger partial charge in [0.25, 0.3) is 0 Å². The Bertz CT molecular complexity index is 948. The molecule has 1 aliphatic heterocycles. The summed E-state index contributed by atoms with van der Waals surface area (Å²) in [4.78, 5) is 39.1.